The van der Waals surface area contributed by atoms with Gasteiger partial charge in [-0.25, -0.2) is 0 Å². The monoisotopic (exact) mass is 181 g/mol. The highest BCUT2D eigenvalue weighted by molar-refractivity contribution is 5.84. The fraction of sp³-hybridized carbons (Fsp3) is 0.917. The maximum absolute atomic E-state index is 4.82. The molecule has 13 heavy (non-hydrogen) atoms. The van der Waals surface area contributed by atoms with Crippen LogP contribution in [-0.4, -0.2) is 11.8 Å². The van der Waals surface area contributed by atoms with Crippen LogP contribution in [0.4, 0.5) is 0 Å². The molecule has 0 amide bonds. The highest BCUT2D eigenvalue weighted by atomic mass is 14.8. The average molecular weight is 181 g/mol. The van der Waals surface area contributed by atoms with Crippen LogP contribution in [0.3, 0.4) is 0 Å². The summed E-state index contributed by atoms with van der Waals surface area (Å²) >= 11 is 0. The first-order chi connectivity index (χ1) is 6.24. The summed E-state index contributed by atoms with van der Waals surface area (Å²) in [5.74, 6) is 0.682. The fourth-order valence-corrected chi connectivity index (χ4v) is 1.92. The Morgan fingerprint density at radius 2 is 1.92 bits per heavy atom. The molecule has 0 heterocycles. The molecule has 0 N–H and O–H groups in total. The minimum Gasteiger partial charge on any atom is -0.291 e. The van der Waals surface area contributed by atoms with E-state index in [1.807, 2.05) is 0 Å². The Kier molecular flexibility index (Phi) is 4.47. The summed E-state index contributed by atoms with van der Waals surface area (Å²) < 4.78 is 0. The summed E-state index contributed by atoms with van der Waals surface area (Å²) in [5.41, 5.74) is 1.37. The van der Waals surface area contributed by atoms with Gasteiger partial charge in [-0.2, -0.15) is 0 Å². The summed E-state index contributed by atoms with van der Waals surface area (Å²) in [4.78, 5) is 4.82. The maximum Gasteiger partial charge on any atom is 0.0499 e. The van der Waals surface area contributed by atoms with Gasteiger partial charge in [0.2, 0.25) is 0 Å². The summed E-state index contributed by atoms with van der Waals surface area (Å²) in [6.07, 6.45) is 8.09. The van der Waals surface area contributed by atoms with Gasteiger partial charge in [0.15, 0.2) is 0 Å². The largest absolute Gasteiger partial charge is 0.291 e. The number of nitrogens with zero attached hydrogens (tertiary/aromatic N) is 1. The molecule has 0 spiro atoms. The normalized spacial score (nSPS) is 23.2. The third kappa shape index (κ3) is 3.50. The van der Waals surface area contributed by atoms with Gasteiger partial charge in [-0.05, 0) is 32.1 Å². The lowest BCUT2D eigenvalue weighted by Crippen LogP contribution is -2.15. The van der Waals surface area contributed by atoms with E-state index in [2.05, 4.69) is 20.8 Å². The van der Waals surface area contributed by atoms with Gasteiger partial charge >= 0.3 is 0 Å². The Morgan fingerprint density at radius 3 is 2.46 bits per heavy atom. The highest BCUT2D eigenvalue weighted by Gasteiger charge is 2.13. The van der Waals surface area contributed by atoms with Gasteiger partial charge in [0.1, 0.15) is 0 Å². The predicted octanol–water partition coefficient (Wildman–Crippen LogP) is 3.83. The first kappa shape index (κ1) is 10.7. The van der Waals surface area contributed by atoms with Crippen LogP contribution in [0, 0.1) is 5.92 Å². The van der Waals surface area contributed by atoms with E-state index >= 15 is 0 Å². The summed E-state index contributed by atoms with van der Waals surface area (Å²) in [6.45, 7) is 6.72. The summed E-state index contributed by atoms with van der Waals surface area (Å²) in [7, 11) is 0. The molecule has 0 saturated heterocycles. The minimum absolute atomic E-state index is 0.655. The van der Waals surface area contributed by atoms with E-state index in [1.54, 1.807) is 0 Å². The first-order valence-corrected chi connectivity index (χ1v) is 5.78. The van der Waals surface area contributed by atoms with E-state index in [0.717, 1.165) is 0 Å². The molecular formula is C12H23N. The Hall–Kier alpha value is -0.330. The van der Waals surface area contributed by atoms with Crippen LogP contribution in [0.2, 0.25) is 0 Å². The van der Waals surface area contributed by atoms with Gasteiger partial charge in [-0.15, -0.1) is 0 Å². The topological polar surface area (TPSA) is 12.4 Å². The second-order valence-corrected chi connectivity index (χ2v) is 4.37. The Bertz CT molecular complexity index is 166. The molecule has 1 aliphatic carbocycles. The van der Waals surface area contributed by atoms with E-state index in [-0.39, 0.29) is 0 Å². The molecule has 1 saturated carbocycles. The molecule has 1 unspecified atom stereocenters. The van der Waals surface area contributed by atoms with Crippen molar-refractivity contribution in [3.05, 3.63) is 0 Å². The molecule has 0 aromatic carbocycles. The number of rotatable bonds is 3. The van der Waals surface area contributed by atoms with Gasteiger partial charge in [0.05, 0.1) is 0 Å². The standard InChI is InChI=1S/C12H23N/c1-4-10(2)11(3)13-12-8-6-5-7-9-12/h10,12H,4-9H2,1-3H3. The molecule has 1 aliphatic rings. The van der Waals surface area contributed by atoms with Crippen LogP contribution in [0.1, 0.15) is 59.3 Å². The molecule has 0 aromatic heterocycles. The van der Waals surface area contributed by atoms with E-state index < -0.39 is 0 Å². The van der Waals surface area contributed by atoms with Gasteiger partial charge in [0.25, 0.3) is 0 Å². The molecule has 0 bridgehead atoms. The summed E-state index contributed by atoms with van der Waals surface area (Å²) in [5, 5.41) is 0. The molecule has 1 atom stereocenters. The van der Waals surface area contributed by atoms with Crippen LogP contribution in [0.5, 0.6) is 0 Å². The zero-order valence-electron chi connectivity index (χ0n) is 9.34. The molecule has 0 radical (unpaired) electrons. The average Bonchev–Trinajstić information content (AvgIpc) is 2.18. The molecule has 76 valence electrons. The Balaban J connectivity index is 2.42. The van der Waals surface area contributed by atoms with Crippen LogP contribution in [0.15, 0.2) is 4.99 Å². The zero-order chi connectivity index (χ0) is 9.68. The molecule has 1 fully saturated rings. The lowest BCUT2D eigenvalue weighted by atomic mass is 9.95. The maximum atomic E-state index is 4.82. The fourth-order valence-electron chi connectivity index (χ4n) is 1.92. The van der Waals surface area contributed by atoms with Crippen LogP contribution >= 0.6 is 0 Å². The highest BCUT2D eigenvalue weighted by Crippen LogP contribution is 2.21. The van der Waals surface area contributed by atoms with E-state index in [1.165, 1.54) is 44.2 Å². The van der Waals surface area contributed by atoms with Gasteiger partial charge < -0.3 is 0 Å². The van der Waals surface area contributed by atoms with Crippen molar-refractivity contribution in [1.29, 1.82) is 0 Å². The Labute approximate surface area is 82.6 Å². The summed E-state index contributed by atoms with van der Waals surface area (Å²) in [6, 6.07) is 0.655. The van der Waals surface area contributed by atoms with Crippen molar-refractivity contribution in [1.82, 2.24) is 0 Å². The van der Waals surface area contributed by atoms with Crippen molar-refractivity contribution in [2.24, 2.45) is 10.9 Å². The lowest BCUT2D eigenvalue weighted by molar-refractivity contribution is 0.441. The molecule has 0 aliphatic heterocycles. The van der Waals surface area contributed by atoms with Crippen molar-refractivity contribution in [2.45, 2.75) is 65.3 Å². The van der Waals surface area contributed by atoms with E-state index in [4.69, 9.17) is 4.99 Å². The van der Waals surface area contributed by atoms with Gasteiger partial charge in [0, 0.05) is 11.8 Å². The van der Waals surface area contributed by atoms with Crippen molar-refractivity contribution in [2.75, 3.05) is 0 Å². The van der Waals surface area contributed by atoms with Crippen LogP contribution in [-0.2, 0) is 0 Å². The van der Waals surface area contributed by atoms with E-state index in [9.17, 15) is 0 Å². The van der Waals surface area contributed by atoms with Crippen molar-refractivity contribution in [3.8, 4) is 0 Å². The molecule has 0 aromatic rings. The third-order valence-corrected chi connectivity index (χ3v) is 3.29. The van der Waals surface area contributed by atoms with E-state index in [0.29, 0.717) is 12.0 Å². The van der Waals surface area contributed by atoms with Crippen LogP contribution < -0.4 is 0 Å². The van der Waals surface area contributed by atoms with Crippen LogP contribution in [0.25, 0.3) is 0 Å². The molecule has 1 rings (SSSR count). The first-order valence-electron chi connectivity index (χ1n) is 5.78. The van der Waals surface area contributed by atoms with Crippen molar-refractivity contribution >= 4 is 5.71 Å². The quantitative estimate of drug-likeness (QED) is 0.587. The lowest BCUT2D eigenvalue weighted by Gasteiger charge is -2.20. The SMILES string of the molecule is CCC(C)C(C)=NC1CCCCC1. The predicted molar refractivity (Wildman–Crippen MR) is 59.4 cm³/mol. The number of hydrogen-bond acceptors (Lipinski definition) is 1. The minimum atomic E-state index is 0.655. The molecule has 1 nitrogen and oxygen atoms in total. The smallest absolute Gasteiger partial charge is 0.0499 e. The third-order valence-electron chi connectivity index (χ3n) is 3.29. The van der Waals surface area contributed by atoms with Crippen molar-refractivity contribution in [3.63, 3.8) is 0 Å². The van der Waals surface area contributed by atoms with Gasteiger partial charge in [-0.3, -0.25) is 4.99 Å². The Morgan fingerprint density at radius 1 is 1.31 bits per heavy atom. The second-order valence-electron chi connectivity index (χ2n) is 4.37. The molecule has 1 heteroatoms. The zero-order valence-corrected chi connectivity index (χ0v) is 9.34. The number of aliphatic imine (C=N–C) groups is 1. The number of hydrogen-bond donors (Lipinski definition) is 0. The molecular weight excluding hydrogens is 158 g/mol. The van der Waals surface area contributed by atoms with Crippen molar-refractivity contribution < 1.29 is 0 Å². The second kappa shape index (κ2) is 5.41. The van der Waals surface area contributed by atoms with Gasteiger partial charge in [-0.1, -0.05) is 33.1 Å².